The molecule has 0 spiro atoms. The van der Waals surface area contributed by atoms with Crippen molar-refractivity contribution >= 4 is 29.9 Å². The fourth-order valence-corrected chi connectivity index (χ4v) is 5.00. The Labute approximate surface area is 150 Å². The van der Waals surface area contributed by atoms with Gasteiger partial charge in [-0.1, -0.05) is 30.3 Å². The zero-order valence-electron chi connectivity index (χ0n) is 13.6. The smallest absolute Gasteiger partial charge is 0.408 e. The third kappa shape index (κ3) is 5.78. The van der Waals surface area contributed by atoms with E-state index in [0.29, 0.717) is 11.1 Å². The fourth-order valence-electron chi connectivity index (χ4n) is 2.41. The van der Waals surface area contributed by atoms with Crippen LogP contribution in [0.5, 0.6) is 0 Å². The quantitative estimate of drug-likeness (QED) is 0.388. The minimum absolute atomic E-state index is 0.00298. The number of carbonyl (C=O) groups is 2. The summed E-state index contributed by atoms with van der Waals surface area (Å²) in [5.74, 6) is -0.838. The van der Waals surface area contributed by atoms with E-state index in [-0.39, 0.29) is 19.6 Å². The van der Waals surface area contributed by atoms with Gasteiger partial charge in [-0.05, 0) is 18.4 Å². The molecule has 1 fully saturated rings. The van der Waals surface area contributed by atoms with Crippen LogP contribution < -0.4 is 15.3 Å². The number of hydrogen-bond acceptors (Lipinski definition) is 6. The van der Waals surface area contributed by atoms with E-state index in [9.17, 15) is 22.6 Å². The lowest BCUT2D eigenvalue weighted by Gasteiger charge is -2.35. The Kier molecular flexibility index (Phi) is 6.37. The first-order valence-electron chi connectivity index (χ1n) is 7.53. The molecule has 1 aliphatic heterocycles. The summed E-state index contributed by atoms with van der Waals surface area (Å²) >= 11 is 0. The lowest BCUT2D eigenvalue weighted by Crippen LogP contribution is -2.53. The van der Waals surface area contributed by atoms with Crippen LogP contribution in [0.3, 0.4) is 0 Å². The van der Waals surface area contributed by atoms with E-state index in [2.05, 4.69) is 5.32 Å². The molecule has 1 heterocycles. The molecule has 0 unspecified atom stereocenters. The van der Waals surface area contributed by atoms with Gasteiger partial charge < -0.3 is 10.1 Å². The summed E-state index contributed by atoms with van der Waals surface area (Å²) in [6.45, 7) is -0.0939. The molecule has 2 amide bonds. The molecule has 1 saturated heterocycles. The van der Waals surface area contributed by atoms with Crippen molar-refractivity contribution in [1.82, 2.24) is 14.5 Å². The molecule has 0 radical (unpaired) electrons. The van der Waals surface area contributed by atoms with Crippen LogP contribution in [0, 0.1) is 0 Å². The third-order valence-corrected chi connectivity index (χ3v) is 6.61. The van der Waals surface area contributed by atoms with Crippen molar-refractivity contribution in [3.63, 3.8) is 0 Å². The normalized spacial score (nSPS) is 20.3. The van der Waals surface area contributed by atoms with Gasteiger partial charge in [-0.15, -0.1) is 4.49 Å². The number of carbonyl (C=O) groups excluding carboxylic acids is 2. The second kappa shape index (κ2) is 8.14. The van der Waals surface area contributed by atoms with Crippen LogP contribution in [0.15, 0.2) is 30.3 Å². The Bertz CT molecular complexity index is 817. The number of nitrogens with two attached hydrogens (primary N) is 1. The molecular weight excluding hydrogens is 387 g/mol. The van der Waals surface area contributed by atoms with Crippen LogP contribution in [0.2, 0.25) is 0 Å². The van der Waals surface area contributed by atoms with Crippen molar-refractivity contribution in [2.75, 3.05) is 6.54 Å². The number of rotatable bonds is 6. The van der Waals surface area contributed by atoms with Gasteiger partial charge in [0.2, 0.25) is 0 Å². The Morgan fingerprint density at radius 3 is 2.65 bits per heavy atom. The van der Waals surface area contributed by atoms with Crippen LogP contribution in [0.4, 0.5) is 4.79 Å². The molecule has 144 valence electrons. The van der Waals surface area contributed by atoms with E-state index in [0.717, 1.165) is 5.56 Å². The number of nitrogens with one attached hydrogen (secondary N) is 2. The number of alkyl carbamates (subject to hydrolysis) is 1. The highest BCUT2D eigenvalue weighted by Gasteiger charge is 2.40. The monoisotopic (exact) mass is 406 g/mol. The number of piperidine rings is 1. The first-order valence-corrected chi connectivity index (χ1v) is 10.7. The van der Waals surface area contributed by atoms with Gasteiger partial charge in [0.15, 0.2) is 0 Å². The minimum Gasteiger partial charge on any atom is -0.445 e. The zero-order valence-corrected chi connectivity index (χ0v) is 15.3. The van der Waals surface area contributed by atoms with Gasteiger partial charge in [0, 0.05) is 6.54 Å². The number of benzene rings is 1. The molecule has 1 aromatic rings. The Morgan fingerprint density at radius 2 is 2.04 bits per heavy atom. The van der Waals surface area contributed by atoms with Gasteiger partial charge in [0.1, 0.15) is 12.6 Å². The Morgan fingerprint density at radius 1 is 1.38 bits per heavy atom. The summed E-state index contributed by atoms with van der Waals surface area (Å²) in [5, 5.41) is 2.34. The second-order valence-electron chi connectivity index (χ2n) is 5.55. The van der Waals surface area contributed by atoms with Gasteiger partial charge >= 0.3 is 24.0 Å². The maximum absolute atomic E-state index is 12.4. The number of amides is 2. The average Bonchev–Trinajstić information content (AvgIpc) is 2.53. The molecule has 0 aromatic heterocycles. The zero-order chi connectivity index (χ0) is 19.4. The van der Waals surface area contributed by atoms with E-state index in [1.807, 2.05) is 6.07 Å². The molecule has 5 N–H and O–H groups in total. The molecule has 13 heteroatoms. The van der Waals surface area contributed by atoms with Crippen LogP contribution in [-0.4, -0.2) is 42.2 Å². The summed E-state index contributed by atoms with van der Waals surface area (Å²) in [5.41, 5.74) is 6.11. The predicted octanol–water partition coefficient (Wildman–Crippen LogP) is 0.363. The van der Waals surface area contributed by atoms with Gasteiger partial charge in [-0.3, -0.25) is 24.1 Å². The van der Waals surface area contributed by atoms with E-state index in [1.165, 1.54) is 4.49 Å². The van der Waals surface area contributed by atoms with E-state index in [1.54, 1.807) is 24.3 Å². The molecule has 2 atom stereocenters. The van der Waals surface area contributed by atoms with E-state index < -0.39 is 35.9 Å². The number of hydrogen-bond donors (Lipinski definition) is 4. The lowest BCUT2D eigenvalue weighted by atomic mass is 10.1. The van der Waals surface area contributed by atoms with Gasteiger partial charge in [0.05, 0.1) is 0 Å². The largest absolute Gasteiger partial charge is 0.445 e. The molecule has 11 nitrogen and oxygen atoms in total. The molecule has 1 aliphatic rings. The summed E-state index contributed by atoms with van der Waals surface area (Å²) in [4.78, 5) is 24.2. The summed E-state index contributed by atoms with van der Waals surface area (Å²) in [7, 11) is -9.26. The van der Waals surface area contributed by atoms with Crippen LogP contribution >= 0.6 is 7.59 Å². The van der Waals surface area contributed by atoms with Crippen molar-refractivity contribution in [2.45, 2.75) is 25.5 Å². The highest BCUT2D eigenvalue weighted by molar-refractivity contribution is 7.90. The predicted molar refractivity (Wildman–Crippen MR) is 91.0 cm³/mol. The summed E-state index contributed by atoms with van der Waals surface area (Å²) < 4.78 is 49.6. The fraction of sp³-hybridized carbons (Fsp3) is 0.385. The summed E-state index contributed by atoms with van der Waals surface area (Å²) in [6, 6.07) is 7.80. The topological polar surface area (TPSA) is 168 Å². The van der Waals surface area contributed by atoms with Crippen molar-refractivity contribution < 1.29 is 31.9 Å². The number of ether oxygens (including phenoxy) is 1. The molecular formula is C13H19N4O7PS. The van der Waals surface area contributed by atoms with E-state index in [4.69, 9.17) is 14.8 Å². The van der Waals surface area contributed by atoms with Gasteiger partial charge in [-0.2, -0.15) is 8.42 Å². The Balaban J connectivity index is 1.96. The molecule has 0 saturated carbocycles. The first kappa shape index (κ1) is 20.3. The Hall–Kier alpha value is -1.98. The molecule has 2 rings (SSSR count). The molecule has 0 bridgehead atoms. The third-order valence-electron chi connectivity index (χ3n) is 3.52. The van der Waals surface area contributed by atoms with E-state index >= 15 is 0 Å². The van der Waals surface area contributed by atoms with Crippen molar-refractivity contribution in [2.24, 2.45) is 5.50 Å². The molecule has 0 aliphatic carbocycles. The van der Waals surface area contributed by atoms with Crippen molar-refractivity contribution in [3.8, 4) is 0 Å². The maximum Gasteiger partial charge on any atom is 0.408 e. The van der Waals surface area contributed by atoms with Crippen molar-refractivity contribution in [3.05, 3.63) is 35.9 Å². The maximum atomic E-state index is 12.4. The lowest BCUT2D eigenvalue weighted by molar-refractivity contribution is -0.130. The van der Waals surface area contributed by atoms with Gasteiger partial charge in [-0.25, -0.2) is 4.79 Å². The number of nitrogens with zero attached hydrogens (tertiary/aromatic N) is 1. The average molecular weight is 406 g/mol. The highest BCUT2D eigenvalue weighted by atomic mass is 32.2. The minimum atomic E-state index is -4.88. The standard InChI is InChI=1S/C13H19N4O7PS/c14-25(20,16-26(21,22)23)17-8-4-7-11(12(17)18)15-13(19)24-9-10-5-2-1-3-6-10/h1-3,5-6,11H,4,7-9H2,(H,15,19)(H3,14,16,20)(H,21,22,23)/t11-,25+/m1/s1. The second-order valence-corrected chi connectivity index (χ2v) is 8.96. The van der Waals surface area contributed by atoms with Crippen LogP contribution in [0.25, 0.3) is 0 Å². The highest BCUT2D eigenvalue weighted by Crippen LogP contribution is 2.40. The molecule has 26 heavy (non-hydrogen) atoms. The first-order chi connectivity index (χ1) is 12.1. The summed E-state index contributed by atoms with van der Waals surface area (Å²) in [6.07, 6.45) is -0.311. The molecule has 1 aromatic carbocycles. The van der Waals surface area contributed by atoms with Crippen LogP contribution in [-0.2, 0) is 31.0 Å². The van der Waals surface area contributed by atoms with Crippen LogP contribution in [0.1, 0.15) is 18.4 Å². The van der Waals surface area contributed by atoms with Gasteiger partial charge in [0.25, 0.3) is 5.91 Å². The van der Waals surface area contributed by atoms with Crippen molar-refractivity contribution in [1.29, 1.82) is 0 Å². The SMILES string of the molecule is N[P@](=O)(NS(=O)(=O)O)N1CCC[C@@H](NC(=O)OCc2ccccc2)C1=O.